The molecule has 0 fully saturated rings. The van der Waals surface area contributed by atoms with E-state index in [1.807, 2.05) is 24.3 Å². The molecule has 0 unspecified atom stereocenters. The number of nitro groups is 1. The number of ether oxygens (including phenoxy) is 2. The van der Waals surface area contributed by atoms with Crippen molar-refractivity contribution in [2.24, 2.45) is 0 Å². The van der Waals surface area contributed by atoms with Gasteiger partial charge in [-0.25, -0.2) is 0 Å². The lowest BCUT2D eigenvalue weighted by atomic mass is 10.3. The van der Waals surface area contributed by atoms with Gasteiger partial charge in [-0.05, 0) is 30.3 Å². The Morgan fingerprint density at radius 1 is 1.10 bits per heavy atom. The Bertz CT molecular complexity index is 633. The molecular formula is C14H11BrClNO4. The Balaban J connectivity index is 1.87. The number of benzene rings is 2. The second-order valence-corrected chi connectivity index (χ2v) is 5.35. The average molecular weight is 373 g/mol. The number of non-ortho nitro benzene ring substituents is 1. The Morgan fingerprint density at radius 3 is 2.43 bits per heavy atom. The van der Waals surface area contributed by atoms with Gasteiger partial charge in [-0.1, -0.05) is 27.5 Å². The monoisotopic (exact) mass is 371 g/mol. The highest BCUT2D eigenvalue weighted by atomic mass is 79.9. The second-order valence-electron chi connectivity index (χ2n) is 4.02. The molecule has 5 nitrogen and oxygen atoms in total. The van der Waals surface area contributed by atoms with Crippen molar-refractivity contribution in [3.05, 3.63) is 62.1 Å². The van der Waals surface area contributed by atoms with Gasteiger partial charge in [0.15, 0.2) is 0 Å². The van der Waals surface area contributed by atoms with E-state index in [1.165, 1.54) is 18.2 Å². The van der Waals surface area contributed by atoms with Gasteiger partial charge in [0.1, 0.15) is 24.7 Å². The van der Waals surface area contributed by atoms with Crippen LogP contribution < -0.4 is 9.47 Å². The summed E-state index contributed by atoms with van der Waals surface area (Å²) in [7, 11) is 0. The van der Waals surface area contributed by atoms with Crippen molar-refractivity contribution < 1.29 is 14.4 Å². The molecule has 0 N–H and O–H groups in total. The highest BCUT2D eigenvalue weighted by Gasteiger charge is 2.10. The zero-order chi connectivity index (χ0) is 15.2. The fourth-order valence-electron chi connectivity index (χ4n) is 1.56. The molecule has 21 heavy (non-hydrogen) atoms. The van der Waals surface area contributed by atoms with Crippen LogP contribution >= 0.6 is 27.5 Å². The molecule has 2 aromatic rings. The number of hydrogen-bond donors (Lipinski definition) is 0. The maximum atomic E-state index is 10.7. The molecule has 2 rings (SSSR count). The summed E-state index contributed by atoms with van der Waals surface area (Å²) in [4.78, 5) is 10.2. The molecule has 0 aliphatic carbocycles. The van der Waals surface area contributed by atoms with Crippen LogP contribution in [0.15, 0.2) is 46.9 Å². The van der Waals surface area contributed by atoms with Crippen LogP contribution in [0.3, 0.4) is 0 Å². The second kappa shape index (κ2) is 7.28. The van der Waals surface area contributed by atoms with Crippen molar-refractivity contribution in [2.75, 3.05) is 13.2 Å². The lowest BCUT2D eigenvalue weighted by molar-refractivity contribution is -0.384. The standard InChI is InChI=1S/C14H11BrClNO4/c15-10-1-4-12(5-2-10)20-7-8-21-14-9-11(17(18)19)3-6-13(14)16/h1-6,9H,7-8H2. The summed E-state index contributed by atoms with van der Waals surface area (Å²) in [6, 6.07) is 11.4. The maximum Gasteiger partial charge on any atom is 0.273 e. The number of nitro benzene ring substituents is 1. The molecule has 7 heteroatoms. The minimum Gasteiger partial charge on any atom is -0.490 e. The van der Waals surface area contributed by atoms with E-state index in [-0.39, 0.29) is 18.0 Å². The molecule has 0 heterocycles. The predicted molar refractivity (Wildman–Crippen MR) is 83.2 cm³/mol. The van der Waals surface area contributed by atoms with Crippen LogP contribution in [-0.4, -0.2) is 18.1 Å². The van der Waals surface area contributed by atoms with Crippen molar-refractivity contribution >= 4 is 33.2 Å². The smallest absolute Gasteiger partial charge is 0.273 e. The summed E-state index contributed by atoms with van der Waals surface area (Å²) in [5.41, 5.74) is -0.0665. The van der Waals surface area contributed by atoms with Crippen LogP contribution in [0.5, 0.6) is 11.5 Å². The molecular weight excluding hydrogens is 362 g/mol. The molecule has 0 aliphatic heterocycles. The summed E-state index contributed by atoms with van der Waals surface area (Å²) < 4.78 is 11.8. The van der Waals surface area contributed by atoms with Gasteiger partial charge in [0.05, 0.1) is 16.0 Å². The fraction of sp³-hybridized carbons (Fsp3) is 0.143. The van der Waals surface area contributed by atoms with Gasteiger partial charge < -0.3 is 9.47 Å². The predicted octanol–water partition coefficient (Wildman–Crippen LogP) is 4.47. The Hall–Kier alpha value is -1.79. The van der Waals surface area contributed by atoms with E-state index in [0.717, 1.165) is 4.47 Å². The van der Waals surface area contributed by atoms with Crippen molar-refractivity contribution in [3.8, 4) is 11.5 Å². The quantitative estimate of drug-likeness (QED) is 0.426. The van der Waals surface area contributed by atoms with Crippen molar-refractivity contribution in [3.63, 3.8) is 0 Å². The summed E-state index contributed by atoms with van der Waals surface area (Å²) in [6.45, 7) is 0.539. The number of hydrogen-bond acceptors (Lipinski definition) is 4. The normalized spacial score (nSPS) is 10.2. The molecule has 0 saturated carbocycles. The van der Waals surface area contributed by atoms with E-state index in [2.05, 4.69) is 15.9 Å². The van der Waals surface area contributed by atoms with Gasteiger partial charge in [-0.3, -0.25) is 10.1 Å². The first-order valence-corrected chi connectivity index (χ1v) is 7.18. The Labute approximate surface area is 134 Å². The van der Waals surface area contributed by atoms with Crippen LogP contribution in [0.25, 0.3) is 0 Å². The highest BCUT2D eigenvalue weighted by Crippen LogP contribution is 2.28. The van der Waals surface area contributed by atoms with Crippen molar-refractivity contribution in [1.82, 2.24) is 0 Å². The van der Waals surface area contributed by atoms with E-state index in [9.17, 15) is 10.1 Å². The first-order valence-electron chi connectivity index (χ1n) is 6.01. The molecule has 0 bridgehead atoms. The van der Waals surface area contributed by atoms with Crippen molar-refractivity contribution in [2.45, 2.75) is 0 Å². The van der Waals surface area contributed by atoms with Crippen LogP contribution in [0.1, 0.15) is 0 Å². The van der Waals surface area contributed by atoms with Crippen molar-refractivity contribution in [1.29, 1.82) is 0 Å². The highest BCUT2D eigenvalue weighted by molar-refractivity contribution is 9.10. The van der Waals surface area contributed by atoms with Gasteiger partial charge in [0.2, 0.25) is 0 Å². The van der Waals surface area contributed by atoms with E-state index >= 15 is 0 Å². The first kappa shape index (κ1) is 15.6. The lowest BCUT2D eigenvalue weighted by Gasteiger charge is -2.09. The molecule has 0 aliphatic rings. The van der Waals surface area contributed by atoms with Crippen LogP contribution in [0, 0.1) is 10.1 Å². The largest absolute Gasteiger partial charge is 0.490 e. The Kier molecular flexibility index (Phi) is 5.41. The molecule has 0 spiro atoms. The van der Waals surface area contributed by atoms with E-state index in [1.54, 1.807) is 0 Å². The summed E-state index contributed by atoms with van der Waals surface area (Å²) in [6.07, 6.45) is 0. The average Bonchev–Trinajstić information content (AvgIpc) is 2.47. The van der Waals surface area contributed by atoms with Gasteiger partial charge in [0, 0.05) is 10.5 Å². The molecule has 2 aromatic carbocycles. The van der Waals surface area contributed by atoms with Crippen LogP contribution in [0.2, 0.25) is 5.02 Å². The third kappa shape index (κ3) is 4.61. The van der Waals surface area contributed by atoms with Crippen LogP contribution in [0.4, 0.5) is 5.69 Å². The molecule has 110 valence electrons. The first-order chi connectivity index (χ1) is 10.1. The van der Waals surface area contributed by atoms with E-state index in [0.29, 0.717) is 17.4 Å². The van der Waals surface area contributed by atoms with Gasteiger partial charge >= 0.3 is 0 Å². The number of rotatable bonds is 6. The Morgan fingerprint density at radius 2 is 1.76 bits per heavy atom. The van der Waals surface area contributed by atoms with Crippen LogP contribution in [-0.2, 0) is 0 Å². The number of nitrogens with zero attached hydrogens (tertiary/aromatic N) is 1. The zero-order valence-corrected chi connectivity index (χ0v) is 13.1. The summed E-state index contributed by atoms with van der Waals surface area (Å²) >= 11 is 9.25. The van der Waals surface area contributed by atoms with Gasteiger partial charge in [-0.2, -0.15) is 0 Å². The molecule has 0 saturated heterocycles. The zero-order valence-electron chi connectivity index (χ0n) is 10.8. The lowest BCUT2D eigenvalue weighted by Crippen LogP contribution is -2.09. The van der Waals surface area contributed by atoms with Gasteiger partial charge in [0.25, 0.3) is 5.69 Å². The fourth-order valence-corrected chi connectivity index (χ4v) is 1.99. The van der Waals surface area contributed by atoms with Gasteiger partial charge in [-0.15, -0.1) is 0 Å². The number of halogens is 2. The third-order valence-electron chi connectivity index (χ3n) is 2.55. The molecule has 0 atom stereocenters. The SMILES string of the molecule is O=[N+]([O-])c1ccc(Cl)c(OCCOc2ccc(Br)cc2)c1. The third-order valence-corrected chi connectivity index (χ3v) is 3.39. The summed E-state index contributed by atoms with van der Waals surface area (Å²) in [5, 5.41) is 11.0. The molecule has 0 aromatic heterocycles. The van der Waals surface area contributed by atoms with E-state index in [4.69, 9.17) is 21.1 Å². The molecule has 0 amide bonds. The van der Waals surface area contributed by atoms with E-state index < -0.39 is 4.92 Å². The maximum absolute atomic E-state index is 10.7. The summed E-state index contributed by atoms with van der Waals surface area (Å²) in [5.74, 6) is 0.984. The minimum absolute atomic E-state index is 0.0665. The molecule has 0 radical (unpaired) electrons. The topological polar surface area (TPSA) is 61.6 Å². The minimum atomic E-state index is -0.498.